The van der Waals surface area contributed by atoms with Gasteiger partial charge in [0.2, 0.25) is 0 Å². The lowest BCUT2D eigenvalue weighted by molar-refractivity contribution is 0.208. The minimum atomic E-state index is -0.0418. The Labute approximate surface area is 95.6 Å². The lowest BCUT2D eigenvalue weighted by atomic mass is 10.2. The van der Waals surface area contributed by atoms with E-state index >= 15 is 0 Å². The van der Waals surface area contributed by atoms with Gasteiger partial charge in [0.05, 0.1) is 0 Å². The van der Waals surface area contributed by atoms with Crippen LogP contribution < -0.4 is 10.6 Å². The molecule has 1 aromatic carbocycles. The molecule has 4 nitrogen and oxygen atoms in total. The number of hydrogen-bond donors (Lipinski definition) is 2. The Morgan fingerprint density at radius 2 is 2.19 bits per heavy atom. The van der Waals surface area contributed by atoms with Crippen molar-refractivity contribution in [2.45, 2.75) is 12.5 Å². The lowest BCUT2D eigenvalue weighted by Crippen LogP contribution is -2.40. The molecule has 0 bridgehead atoms. The number of urea groups is 1. The fourth-order valence-corrected chi connectivity index (χ4v) is 1.87. The van der Waals surface area contributed by atoms with Crippen LogP contribution in [0.4, 0.5) is 10.5 Å². The molecule has 0 spiro atoms. The highest BCUT2D eigenvalue weighted by Crippen LogP contribution is 2.10. The first-order valence-corrected chi connectivity index (χ1v) is 5.57. The Morgan fingerprint density at radius 1 is 1.44 bits per heavy atom. The molecule has 1 unspecified atom stereocenters. The normalized spacial score (nSPS) is 19.4. The summed E-state index contributed by atoms with van der Waals surface area (Å²) in [5, 5.41) is 6.13. The second-order valence-electron chi connectivity index (χ2n) is 4.05. The number of carbonyl (C=O) groups is 1. The third-order valence-corrected chi connectivity index (χ3v) is 2.93. The van der Waals surface area contributed by atoms with Gasteiger partial charge in [-0.05, 0) is 25.1 Å². The Morgan fingerprint density at radius 3 is 2.81 bits per heavy atom. The van der Waals surface area contributed by atoms with Crippen LogP contribution in [0.3, 0.4) is 0 Å². The third kappa shape index (κ3) is 2.52. The Kier molecular flexibility index (Phi) is 3.41. The van der Waals surface area contributed by atoms with Crippen LogP contribution in [-0.2, 0) is 0 Å². The minimum Gasteiger partial charge on any atom is -0.323 e. The standard InChI is InChI=1S/C12H17N3O/c1-15(11-7-8-13-9-11)12(16)14-10-5-3-2-4-6-10/h2-6,11,13H,7-9H2,1H3,(H,14,16). The van der Waals surface area contributed by atoms with Gasteiger partial charge in [0.1, 0.15) is 0 Å². The number of amides is 2. The average Bonchev–Trinajstić information content (AvgIpc) is 2.83. The maximum Gasteiger partial charge on any atom is 0.321 e. The molecule has 1 aliphatic rings. The largest absolute Gasteiger partial charge is 0.323 e. The second-order valence-corrected chi connectivity index (χ2v) is 4.05. The highest BCUT2D eigenvalue weighted by molar-refractivity contribution is 5.89. The van der Waals surface area contributed by atoms with Gasteiger partial charge >= 0.3 is 6.03 Å². The number of benzene rings is 1. The molecule has 1 atom stereocenters. The van der Waals surface area contributed by atoms with Gasteiger partial charge in [-0.3, -0.25) is 0 Å². The van der Waals surface area contributed by atoms with E-state index in [9.17, 15) is 4.79 Å². The maximum absolute atomic E-state index is 11.9. The molecule has 2 rings (SSSR count). The molecular weight excluding hydrogens is 202 g/mol. The van der Waals surface area contributed by atoms with E-state index in [0.29, 0.717) is 6.04 Å². The van der Waals surface area contributed by atoms with E-state index < -0.39 is 0 Å². The highest BCUT2D eigenvalue weighted by atomic mass is 16.2. The van der Waals surface area contributed by atoms with Crippen LogP contribution in [0.1, 0.15) is 6.42 Å². The maximum atomic E-state index is 11.9. The van der Waals surface area contributed by atoms with Crippen LogP contribution in [0.25, 0.3) is 0 Å². The van der Waals surface area contributed by atoms with Gasteiger partial charge in [-0.15, -0.1) is 0 Å². The van der Waals surface area contributed by atoms with Crippen LogP contribution in [0.5, 0.6) is 0 Å². The number of rotatable bonds is 2. The molecule has 2 N–H and O–H groups in total. The van der Waals surface area contributed by atoms with Crippen molar-refractivity contribution in [1.29, 1.82) is 0 Å². The zero-order valence-corrected chi connectivity index (χ0v) is 9.44. The van der Waals surface area contributed by atoms with Gasteiger partial charge in [-0.2, -0.15) is 0 Å². The number of hydrogen-bond acceptors (Lipinski definition) is 2. The molecule has 0 saturated carbocycles. The lowest BCUT2D eigenvalue weighted by Gasteiger charge is -2.23. The fraction of sp³-hybridized carbons (Fsp3) is 0.417. The summed E-state index contributed by atoms with van der Waals surface area (Å²) in [4.78, 5) is 13.7. The van der Waals surface area contributed by atoms with Gasteiger partial charge in [-0.1, -0.05) is 18.2 Å². The molecule has 1 aromatic rings. The summed E-state index contributed by atoms with van der Waals surface area (Å²) in [6, 6.07) is 9.79. The van der Waals surface area contributed by atoms with E-state index in [2.05, 4.69) is 10.6 Å². The van der Waals surface area contributed by atoms with E-state index in [1.807, 2.05) is 37.4 Å². The highest BCUT2D eigenvalue weighted by Gasteiger charge is 2.22. The first-order valence-electron chi connectivity index (χ1n) is 5.57. The van der Waals surface area contributed by atoms with Crippen molar-refractivity contribution in [3.63, 3.8) is 0 Å². The van der Waals surface area contributed by atoms with Crippen LogP contribution >= 0.6 is 0 Å². The van der Waals surface area contributed by atoms with Crippen molar-refractivity contribution >= 4 is 11.7 Å². The predicted molar refractivity (Wildman–Crippen MR) is 64.5 cm³/mol. The molecule has 1 fully saturated rings. The first-order chi connectivity index (χ1) is 7.77. The van der Waals surface area contributed by atoms with Crippen molar-refractivity contribution in [3.8, 4) is 0 Å². The number of anilines is 1. The van der Waals surface area contributed by atoms with Crippen molar-refractivity contribution in [2.24, 2.45) is 0 Å². The number of likely N-dealkylation sites (N-methyl/N-ethyl adjacent to an activating group) is 1. The summed E-state index contributed by atoms with van der Waals surface area (Å²) in [5.41, 5.74) is 0.838. The van der Waals surface area contributed by atoms with E-state index in [4.69, 9.17) is 0 Å². The topological polar surface area (TPSA) is 44.4 Å². The molecule has 16 heavy (non-hydrogen) atoms. The van der Waals surface area contributed by atoms with Gasteiger partial charge in [0.25, 0.3) is 0 Å². The summed E-state index contributed by atoms with van der Waals surface area (Å²) in [5.74, 6) is 0. The molecule has 1 heterocycles. The van der Waals surface area contributed by atoms with E-state index in [1.54, 1.807) is 4.90 Å². The van der Waals surface area contributed by atoms with E-state index in [-0.39, 0.29) is 6.03 Å². The van der Waals surface area contributed by atoms with Crippen LogP contribution in [0.15, 0.2) is 30.3 Å². The van der Waals surface area contributed by atoms with Crippen LogP contribution in [0.2, 0.25) is 0 Å². The monoisotopic (exact) mass is 219 g/mol. The summed E-state index contributed by atoms with van der Waals surface area (Å²) >= 11 is 0. The molecule has 2 amide bonds. The smallest absolute Gasteiger partial charge is 0.321 e. The van der Waals surface area contributed by atoms with E-state index in [0.717, 1.165) is 25.2 Å². The van der Waals surface area contributed by atoms with Crippen molar-refractivity contribution in [3.05, 3.63) is 30.3 Å². The summed E-state index contributed by atoms with van der Waals surface area (Å²) in [7, 11) is 1.84. The van der Waals surface area contributed by atoms with Gasteiger partial charge < -0.3 is 15.5 Å². The number of carbonyl (C=O) groups excluding carboxylic acids is 1. The molecule has 4 heteroatoms. The minimum absolute atomic E-state index is 0.0418. The molecule has 0 aliphatic carbocycles. The number of nitrogens with zero attached hydrogens (tertiary/aromatic N) is 1. The molecule has 1 aliphatic heterocycles. The van der Waals surface area contributed by atoms with Crippen molar-refractivity contribution in [1.82, 2.24) is 10.2 Å². The number of para-hydroxylation sites is 1. The van der Waals surface area contributed by atoms with Crippen LogP contribution in [0, 0.1) is 0 Å². The molecule has 86 valence electrons. The molecule has 0 radical (unpaired) electrons. The van der Waals surface area contributed by atoms with Crippen LogP contribution in [-0.4, -0.2) is 37.1 Å². The Balaban J connectivity index is 1.92. The SMILES string of the molecule is CN(C(=O)Nc1ccccc1)C1CCNC1. The van der Waals surface area contributed by atoms with Gasteiger partial charge in [0.15, 0.2) is 0 Å². The van der Waals surface area contributed by atoms with Gasteiger partial charge in [0, 0.05) is 25.3 Å². The molecular formula is C12H17N3O. The predicted octanol–water partition coefficient (Wildman–Crippen LogP) is 1.51. The zero-order valence-electron chi connectivity index (χ0n) is 9.44. The zero-order chi connectivity index (χ0) is 11.4. The summed E-state index contributed by atoms with van der Waals surface area (Å²) in [6.07, 6.45) is 1.03. The van der Waals surface area contributed by atoms with Crippen molar-refractivity contribution < 1.29 is 4.79 Å². The Hall–Kier alpha value is -1.55. The Bertz CT molecular complexity index is 347. The first kappa shape index (κ1) is 11.0. The third-order valence-electron chi connectivity index (χ3n) is 2.93. The summed E-state index contributed by atoms with van der Waals surface area (Å²) < 4.78 is 0. The quantitative estimate of drug-likeness (QED) is 0.792. The molecule has 0 aromatic heterocycles. The van der Waals surface area contributed by atoms with Gasteiger partial charge in [-0.25, -0.2) is 4.79 Å². The van der Waals surface area contributed by atoms with E-state index in [1.165, 1.54) is 0 Å². The number of nitrogens with one attached hydrogen (secondary N) is 2. The average molecular weight is 219 g/mol. The van der Waals surface area contributed by atoms with Crippen molar-refractivity contribution in [2.75, 3.05) is 25.5 Å². The summed E-state index contributed by atoms with van der Waals surface area (Å²) in [6.45, 7) is 1.88. The fourth-order valence-electron chi connectivity index (χ4n) is 1.87. The molecule has 1 saturated heterocycles. The second kappa shape index (κ2) is 4.99.